The Hall–Kier alpha value is -2.10. The highest BCUT2D eigenvalue weighted by atomic mass is 79.9. The Morgan fingerprint density at radius 3 is 2.26 bits per heavy atom. The number of carbonyl (C=O) groups excluding carboxylic acids is 2. The molecule has 2 amide bonds. The molecule has 0 spiro atoms. The predicted molar refractivity (Wildman–Crippen MR) is 140 cm³/mol. The van der Waals surface area contributed by atoms with Crippen LogP contribution in [-0.4, -0.2) is 50.0 Å². The first-order chi connectivity index (χ1) is 15.8. The van der Waals surface area contributed by atoms with Crippen LogP contribution < -0.4 is 9.62 Å². The first kappa shape index (κ1) is 28.1. The summed E-state index contributed by atoms with van der Waals surface area (Å²) in [6, 6.07) is 11.2. The van der Waals surface area contributed by atoms with Gasteiger partial charge in [0.15, 0.2) is 0 Å². The van der Waals surface area contributed by atoms with E-state index in [1.165, 1.54) is 4.90 Å². The van der Waals surface area contributed by atoms with Crippen LogP contribution in [0.25, 0.3) is 0 Å². The highest BCUT2D eigenvalue weighted by molar-refractivity contribution is 9.10. The van der Waals surface area contributed by atoms with E-state index in [-0.39, 0.29) is 18.5 Å². The van der Waals surface area contributed by atoms with E-state index in [4.69, 9.17) is 11.6 Å². The van der Waals surface area contributed by atoms with Gasteiger partial charge in [0.25, 0.3) is 0 Å². The number of sulfonamides is 1. The fourth-order valence-electron chi connectivity index (χ4n) is 3.23. The number of anilines is 1. The second kappa shape index (κ2) is 12.0. The van der Waals surface area contributed by atoms with Crippen LogP contribution in [0.5, 0.6) is 0 Å². The maximum Gasteiger partial charge on any atom is 0.244 e. The number of nitrogens with one attached hydrogen (secondary N) is 1. The molecule has 0 aliphatic heterocycles. The fraction of sp³-hybridized carbons (Fsp3) is 0.417. The molecule has 0 saturated carbocycles. The monoisotopic (exact) mass is 571 g/mol. The number of nitrogens with zero attached hydrogens (tertiary/aromatic N) is 2. The fourth-order valence-corrected chi connectivity index (χ4v) is 4.45. The van der Waals surface area contributed by atoms with Crippen LogP contribution in [0.4, 0.5) is 5.69 Å². The number of benzene rings is 2. The molecule has 0 aliphatic carbocycles. The van der Waals surface area contributed by atoms with Crippen molar-refractivity contribution in [1.29, 1.82) is 0 Å². The summed E-state index contributed by atoms with van der Waals surface area (Å²) in [5.41, 5.74) is 1.98. The van der Waals surface area contributed by atoms with Gasteiger partial charge in [0.2, 0.25) is 21.8 Å². The molecule has 186 valence electrons. The van der Waals surface area contributed by atoms with Crippen molar-refractivity contribution in [3.8, 4) is 0 Å². The van der Waals surface area contributed by atoms with Gasteiger partial charge in [-0.1, -0.05) is 46.6 Å². The zero-order valence-corrected chi connectivity index (χ0v) is 23.2. The Balaban J connectivity index is 2.39. The summed E-state index contributed by atoms with van der Waals surface area (Å²) < 4.78 is 27.1. The quantitative estimate of drug-likeness (QED) is 0.454. The molecule has 2 atom stereocenters. The molecule has 0 heterocycles. The Bertz CT molecular complexity index is 1130. The van der Waals surface area contributed by atoms with Crippen LogP contribution >= 0.6 is 27.5 Å². The first-order valence-electron chi connectivity index (χ1n) is 10.9. The average Bonchev–Trinajstić information content (AvgIpc) is 2.77. The Kier molecular flexibility index (Phi) is 9.96. The second-order valence-electron chi connectivity index (χ2n) is 8.35. The molecule has 0 bridgehead atoms. The molecule has 2 aromatic rings. The Morgan fingerprint density at radius 2 is 1.74 bits per heavy atom. The van der Waals surface area contributed by atoms with Gasteiger partial charge >= 0.3 is 0 Å². The van der Waals surface area contributed by atoms with Crippen molar-refractivity contribution < 1.29 is 18.0 Å². The third-order valence-corrected chi connectivity index (χ3v) is 7.83. The minimum Gasteiger partial charge on any atom is -0.352 e. The van der Waals surface area contributed by atoms with Crippen molar-refractivity contribution in [1.82, 2.24) is 10.2 Å². The van der Waals surface area contributed by atoms with Crippen LogP contribution in [0.3, 0.4) is 0 Å². The van der Waals surface area contributed by atoms with Gasteiger partial charge in [-0.3, -0.25) is 13.9 Å². The number of hydrogen-bond acceptors (Lipinski definition) is 4. The summed E-state index contributed by atoms with van der Waals surface area (Å²) in [4.78, 5) is 27.8. The van der Waals surface area contributed by atoms with E-state index in [1.807, 2.05) is 20.8 Å². The molecule has 0 fully saturated rings. The highest BCUT2D eigenvalue weighted by Gasteiger charge is 2.30. The van der Waals surface area contributed by atoms with E-state index < -0.39 is 28.5 Å². The van der Waals surface area contributed by atoms with E-state index in [0.29, 0.717) is 10.7 Å². The summed E-state index contributed by atoms with van der Waals surface area (Å²) in [7, 11) is -3.77. The number of halogens is 2. The average molecular weight is 573 g/mol. The summed E-state index contributed by atoms with van der Waals surface area (Å²) in [5.74, 6) is -0.796. The molecule has 10 heteroatoms. The zero-order chi connectivity index (χ0) is 25.6. The second-order valence-corrected chi connectivity index (χ2v) is 11.5. The third-order valence-electron chi connectivity index (χ3n) is 5.54. The molecule has 0 aliphatic rings. The topological polar surface area (TPSA) is 86.8 Å². The summed E-state index contributed by atoms with van der Waals surface area (Å²) in [6.07, 6.45) is 1.80. The van der Waals surface area contributed by atoms with Crippen molar-refractivity contribution in [3.63, 3.8) is 0 Å². The number of hydrogen-bond donors (Lipinski definition) is 1. The minimum atomic E-state index is -3.77. The Morgan fingerprint density at radius 1 is 1.12 bits per heavy atom. The molecular formula is C24H31BrClN3O4S. The molecular weight excluding hydrogens is 542 g/mol. The van der Waals surface area contributed by atoms with Gasteiger partial charge in [0.1, 0.15) is 12.6 Å². The normalized spacial score (nSPS) is 13.1. The standard InChI is InChI=1S/C24H31BrClN3O4S/c1-6-17(3)27-24(31)18(4)28(14-19-7-9-20(26)10-8-19)23(30)15-29(34(5,32)33)21-11-12-22(25)16(2)13-21/h7-13,17-18H,6,14-15H2,1-5H3,(H,27,31)/t17-,18-/m0/s1. The lowest BCUT2D eigenvalue weighted by Gasteiger charge is -2.32. The van der Waals surface area contributed by atoms with Gasteiger partial charge in [0, 0.05) is 22.1 Å². The first-order valence-corrected chi connectivity index (χ1v) is 13.9. The number of amides is 2. The number of carbonyl (C=O) groups is 2. The molecule has 2 aromatic carbocycles. The lowest BCUT2D eigenvalue weighted by atomic mass is 10.1. The van der Waals surface area contributed by atoms with Crippen LogP contribution in [0.2, 0.25) is 5.02 Å². The van der Waals surface area contributed by atoms with E-state index in [9.17, 15) is 18.0 Å². The molecule has 1 N–H and O–H groups in total. The van der Waals surface area contributed by atoms with E-state index >= 15 is 0 Å². The largest absolute Gasteiger partial charge is 0.352 e. The van der Waals surface area contributed by atoms with Gasteiger partial charge in [-0.25, -0.2) is 8.42 Å². The lowest BCUT2D eigenvalue weighted by Crippen LogP contribution is -2.52. The van der Waals surface area contributed by atoms with Crippen LogP contribution in [0, 0.1) is 6.92 Å². The van der Waals surface area contributed by atoms with Gasteiger partial charge in [-0.2, -0.15) is 0 Å². The maximum atomic E-state index is 13.5. The third kappa shape index (κ3) is 7.71. The van der Waals surface area contributed by atoms with Gasteiger partial charge in [-0.05, 0) is 68.7 Å². The highest BCUT2D eigenvalue weighted by Crippen LogP contribution is 2.25. The SMILES string of the molecule is CC[C@H](C)NC(=O)[C@H](C)N(Cc1ccc(Cl)cc1)C(=O)CN(c1ccc(Br)c(C)c1)S(C)(=O)=O. The molecule has 2 rings (SSSR count). The molecule has 7 nitrogen and oxygen atoms in total. The van der Waals surface area contributed by atoms with Crippen LogP contribution in [-0.2, 0) is 26.2 Å². The van der Waals surface area contributed by atoms with Gasteiger partial charge < -0.3 is 10.2 Å². The smallest absolute Gasteiger partial charge is 0.244 e. The van der Waals surface area contributed by atoms with Gasteiger partial charge in [-0.15, -0.1) is 0 Å². The van der Waals surface area contributed by atoms with Gasteiger partial charge in [0.05, 0.1) is 11.9 Å². The molecule has 0 aromatic heterocycles. The van der Waals surface area contributed by atoms with Crippen molar-refractivity contribution in [2.45, 2.75) is 52.7 Å². The van der Waals surface area contributed by atoms with E-state index in [2.05, 4.69) is 21.2 Å². The number of rotatable bonds is 10. The molecule has 0 unspecified atom stereocenters. The minimum absolute atomic E-state index is 0.0549. The Labute approximate surface area is 215 Å². The summed E-state index contributed by atoms with van der Waals surface area (Å²) in [6.45, 7) is 7.01. The molecule has 0 saturated heterocycles. The van der Waals surface area contributed by atoms with Crippen LogP contribution in [0.1, 0.15) is 38.3 Å². The van der Waals surface area contributed by atoms with E-state index in [0.717, 1.165) is 32.6 Å². The van der Waals surface area contributed by atoms with Crippen molar-refractivity contribution >= 4 is 55.1 Å². The molecule has 0 radical (unpaired) electrons. The van der Waals surface area contributed by atoms with Crippen molar-refractivity contribution in [3.05, 3.63) is 63.1 Å². The van der Waals surface area contributed by atoms with Crippen molar-refractivity contribution in [2.75, 3.05) is 17.1 Å². The summed E-state index contributed by atoms with van der Waals surface area (Å²) in [5, 5.41) is 3.45. The molecule has 34 heavy (non-hydrogen) atoms. The van der Waals surface area contributed by atoms with E-state index in [1.54, 1.807) is 49.4 Å². The van der Waals surface area contributed by atoms with Crippen molar-refractivity contribution in [2.24, 2.45) is 0 Å². The van der Waals surface area contributed by atoms with Crippen LogP contribution in [0.15, 0.2) is 46.9 Å². The zero-order valence-electron chi connectivity index (χ0n) is 20.0. The number of aryl methyl sites for hydroxylation is 1. The summed E-state index contributed by atoms with van der Waals surface area (Å²) >= 11 is 9.39. The predicted octanol–water partition coefficient (Wildman–Crippen LogP) is 4.51. The lowest BCUT2D eigenvalue weighted by molar-refractivity contribution is -0.139. The maximum absolute atomic E-state index is 13.5.